The second kappa shape index (κ2) is 5.80. The second-order valence-electron chi connectivity index (χ2n) is 4.13. The average molecular weight is 257 g/mol. The van der Waals surface area contributed by atoms with Crippen LogP contribution in [-0.2, 0) is 4.74 Å². The first-order valence-corrected chi connectivity index (χ1v) is 6.16. The monoisotopic (exact) mass is 256 g/mol. The molecule has 1 aromatic carbocycles. The SMILES string of the molecule is [CH2]CC(c1ccc(Cl)c(F)c1)N1CCOCC1. The summed E-state index contributed by atoms with van der Waals surface area (Å²) in [5.74, 6) is -0.365. The molecule has 0 bridgehead atoms. The molecular formula is C13H16ClFNO. The molecule has 17 heavy (non-hydrogen) atoms. The fraction of sp³-hybridized carbons (Fsp3) is 0.462. The summed E-state index contributed by atoms with van der Waals surface area (Å²) in [6, 6.07) is 5.13. The molecule has 1 heterocycles. The molecule has 1 unspecified atom stereocenters. The van der Waals surface area contributed by atoms with Crippen molar-refractivity contribution in [2.75, 3.05) is 26.3 Å². The van der Waals surface area contributed by atoms with E-state index < -0.39 is 0 Å². The Morgan fingerprint density at radius 2 is 2.12 bits per heavy atom. The van der Waals surface area contributed by atoms with Crippen LogP contribution in [0.2, 0.25) is 5.02 Å². The highest BCUT2D eigenvalue weighted by Crippen LogP contribution is 2.27. The van der Waals surface area contributed by atoms with E-state index >= 15 is 0 Å². The Hall–Kier alpha value is -0.640. The van der Waals surface area contributed by atoms with Crippen LogP contribution < -0.4 is 0 Å². The van der Waals surface area contributed by atoms with Gasteiger partial charge in [0.1, 0.15) is 5.82 Å². The van der Waals surface area contributed by atoms with Gasteiger partial charge in [-0.05, 0) is 24.1 Å². The fourth-order valence-corrected chi connectivity index (χ4v) is 2.29. The van der Waals surface area contributed by atoms with Crippen LogP contribution in [0.25, 0.3) is 0 Å². The third-order valence-electron chi connectivity index (χ3n) is 3.09. The number of rotatable bonds is 3. The van der Waals surface area contributed by atoms with Gasteiger partial charge in [0.05, 0.1) is 18.2 Å². The van der Waals surface area contributed by atoms with Crippen LogP contribution in [-0.4, -0.2) is 31.2 Å². The zero-order valence-electron chi connectivity index (χ0n) is 9.66. The van der Waals surface area contributed by atoms with E-state index in [1.807, 2.05) is 6.07 Å². The lowest BCUT2D eigenvalue weighted by atomic mass is 10.0. The van der Waals surface area contributed by atoms with E-state index in [2.05, 4.69) is 11.8 Å². The van der Waals surface area contributed by atoms with Crippen molar-refractivity contribution in [3.05, 3.63) is 41.5 Å². The summed E-state index contributed by atoms with van der Waals surface area (Å²) in [4.78, 5) is 2.28. The van der Waals surface area contributed by atoms with Crippen molar-refractivity contribution in [2.24, 2.45) is 0 Å². The average Bonchev–Trinajstić information content (AvgIpc) is 2.36. The summed E-state index contributed by atoms with van der Waals surface area (Å²) < 4.78 is 18.8. The number of hydrogen-bond donors (Lipinski definition) is 0. The summed E-state index contributed by atoms with van der Waals surface area (Å²) in [5.41, 5.74) is 0.934. The molecule has 1 fully saturated rings. The van der Waals surface area contributed by atoms with Gasteiger partial charge in [-0.15, -0.1) is 0 Å². The standard InChI is InChI=1S/C13H16ClFNO/c1-2-13(16-5-7-17-8-6-16)10-3-4-11(14)12(15)9-10/h3-4,9,13H,1-2,5-8H2. The molecular weight excluding hydrogens is 241 g/mol. The van der Waals surface area contributed by atoms with E-state index in [0.29, 0.717) is 6.42 Å². The molecule has 1 aromatic rings. The minimum absolute atomic E-state index is 0.144. The summed E-state index contributed by atoms with van der Waals surface area (Å²) in [6.45, 7) is 7.14. The summed E-state index contributed by atoms with van der Waals surface area (Å²) in [6.07, 6.45) is 0.709. The molecule has 0 amide bonds. The first-order chi connectivity index (χ1) is 8.22. The van der Waals surface area contributed by atoms with E-state index in [9.17, 15) is 4.39 Å². The van der Waals surface area contributed by atoms with Crippen molar-refractivity contribution in [3.8, 4) is 0 Å². The summed E-state index contributed by atoms with van der Waals surface area (Å²) >= 11 is 5.69. The number of nitrogens with zero attached hydrogens (tertiary/aromatic N) is 1. The Morgan fingerprint density at radius 3 is 2.71 bits per heavy atom. The third kappa shape index (κ3) is 2.97. The lowest BCUT2D eigenvalue weighted by Crippen LogP contribution is -2.38. The molecule has 1 radical (unpaired) electrons. The van der Waals surface area contributed by atoms with Crippen molar-refractivity contribution in [1.82, 2.24) is 4.90 Å². The zero-order valence-corrected chi connectivity index (χ0v) is 10.4. The van der Waals surface area contributed by atoms with E-state index in [1.54, 1.807) is 6.07 Å². The maximum Gasteiger partial charge on any atom is 0.142 e. The van der Waals surface area contributed by atoms with Crippen LogP contribution in [0.1, 0.15) is 18.0 Å². The van der Waals surface area contributed by atoms with Crippen LogP contribution in [0.15, 0.2) is 18.2 Å². The molecule has 93 valence electrons. The van der Waals surface area contributed by atoms with Gasteiger partial charge in [-0.3, -0.25) is 4.90 Å². The molecule has 0 aliphatic carbocycles. The Balaban J connectivity index is 2.18. The lowest BCUT2D eigenvalue weighted by Gasteiger charge is -2.34. The Morgan fingerprint density at radius 1 is 1.41 bits per heavy atom. The molecule has 1 atom stereocenters. The predicted octanol–water partition coefficient (Wildman–Crippen LogP) is 3.08. The van der Waals surface area contributed by atoms with Gasteiger partial charge in [0.2, 0.25) is 0 Å². The van der Waals surface area contributed by atoms with Crippen LogP contribution in [0.4, 0.5) is 4.39 Å². The Kier molecular flexibility index (Phi) is 4.37. The van der Waals surface area contributed by atoms with E-state index in [4.69, 9.17) is 16.3 Å². The molecule has 4 heteroatoms. The minimum atomic E-state index is -0.365. The molecule has 0 saturated carbocycles. The van der Waals surface area contributed by atoms with Gasteiger partial charge in [-0.25, -0.2) is 4.39 Å². The van der Waals surface area contributed by atoms with Crippen molar-refractivity contribution in [1.29, 1.82) is 0 Å². The van der Waals surface area contributed by atoms with Gasteiger partial charge in [0.15, 0.2) is 0 Å². The number of benzene rings is 1. The zero-order chi connectivity index (χ0) is 12.3. The maximum atomic E-state index is 13.4. The summed E-state index contributed by atoms with van der Waals surface area (Å²) in [5, 5.41) is 0.165. The smallest absolute Gasteiger partial charge is 0.142 e. The lowest BCUT2D eigenvalue weighted by molar-refractivity contribution is 0.0164. The normalized spacial score (nSPS) is 19.2. The van der Waals surface area contributed by atoms with Gasteiger partial charge >= 0.3 is 0 Å². The van der Waals surface area contributed by atoms with Crippen LogP contribution in [0.3, 0.4) is 0 Å². The number of hydrogen-bond acceptors (Lipinski definition) is 2. The molecule has 0 spiro atoms. The number of morpholine rings is 1. The minimum Gasteiger partial charge on any atom is -0.379 e. The first-order valence-electron chi connectivity index (χ1n) is 5.78. The van der Waals surface area contributed by atoms with Gasteiger partial charge in [0, 0.05) is 19.1 Å². The molecule has 0 aromatic heterocycles. The highest BCUT2D eigenvalue weighted by atomic mass is 35.5. The Bertz CT molecular complexity index is 380. The van der Waals surface area contributed by atoms with Crippen LogP contribution in [0.5, 0.6) is 0 Å². The highest BCUT2D eigenvalue weighted by Gasteiger charge is 2.21. The third-order valence-corrected chi connectivity index (χ3v) is 3.39. The van der Waals surface area contributed by atoms with Crippen molar-refractivity contribution in [3.63, 3.8) is 0 Å². The van der Waals surface area contributed by atoms with Crippen molar-refractivity contribution < 1.29 is 9.13 Å². The molecule has 2 rings (SSSR count). The van der Waals surface area contributed by atoms with E-state index in [0.717, 1.165) is 31.9 Å². The summed E-state index contributed by atoms with van der Waals surface area (Å²) in [7, 11) is 0. The van der Waals surface area contributed by atoms with Gasteiger partial charge in [-0.1, -0.05) is 24.6 Å². The first kappa shape index (κ1) is 12.8. The number of ether oxygens (including phenoxy) is 1. The highest BCUT2D eigenvalue weighted by molar-refractivity contribution is 6.30. The second-order valence-corrected chi connectivity index (χ2v) is 4.53. The van der Waals surface area contributed by atoms with Crippen LogP contribution >= 0.6 is 11.6 Å². The molecule has 0 N–H and O–H groups in total. The predicted molar refractivity (Wildman–Crippen MR) is 66.5 cm³/mol. The molecule has 1 saturated heterocycles. The molecule has 1 aliphatic rings. The van der Waals surface area contributed by atoms with Gasteiger partial charge in [-0.2, -0.15) is 0 Å². The van der Waals surface area contributed by atoms with Gasteiger partial charge in [0.25, 0.3) is 0 Å². The van der Waals surface area contributed by atoms with Crippen molar-refractivity contribution in [2.45, 2.75) is 12.5 Å². The van der Waals surface area contributed by atoms with Crippen LogP contribution in [0, 0.1) is 12.7 Å². The van der Waals surface area contributed by atoms with E-state index in [-0.39, 0.29) is 16.9 Å². The number of halogens is 2. The quantitative estimate of drug-likeness (QED) is 0.824. The fourth-order valence-electron chi connectivity index (χ4n) is 2.17. The molecule has 2 nitrogen and oxygen atoms in total. The van der Waals surface area contributed by atoms with Gasteiger partial charge < -0.3 is 4.74 Å². The van der Waals surface area contributed by atoms with Crippen molar-refractivity contribution >= 4 is 11.6 Å². The topological polar surface area (TPSA) is 12.5 Å². The largest absolute Gasteiger partial charge is 0.379 e. The van der Waals surface area contributed by atoms with E-state index in [1.165, 1.54) is 6.07 Å². The molecule has 1 aliphatic heterocycles. The Labute approximate surface area is 106 Å². The maximum absolute atomic E-state index is 13.4.